The molecule has 0 aromatic heterocycles. The van der Waals surface area contributed by atoms with Gasteiger partial charge in [0.15, 0.2) is 6.61 Å². The molecule has 0 saturated heterocycles. The molecular formula is C13H19NO4. The lowest BCUT2D eigenvalue weighted by Crippen LogP contribution is -2.19. The number of rotatable bonds is 6. The third kappa shape index (κ3) is 4.25. The van der Waals surface area contributed by atoms with Crippen LogP contribution in [0.1, 0.15) is 12.5 Å². The van der Waals surface area contributed by atoms with Crippen molar-refractivity contribution in [3.63, 3.8) is 0 Å². The number of hydrogen-bond donors (Lipinski definition) is 1. The van der Waals surface area contributed by atoms with Gasteiger partial charge >= 0.3 is 5.97 Å². The summed E-state index contributed by atoms with van der Waals surface area (Å²) in [6.07, 6.45) is 0.667. The van der Waals surface area contributed by atoms with Crippen molar-refractivity contribution in [2.45, 2.75) is 19.4 Å². The minimum Gasteiger partial charge on any atom is -0.497 e. The second kappa shape index (κ2) is 6.86. The van der Waals surface area contributed by atoms with Crippen molar-refractivity contribution in [3.05, 3.63) is 23.8 Å². The van der Waals surface area contributed by atoms with Crippen LogP contribution in [-0.4, -0.2) is 32.8 Å². The zero-order valence-electron chi connectivity index (χ0n) is 10.9. The highest BCUT2D eigenvalue weighted by molar-refractivity contribution is 5.71. The SMILES string of the molecule is COC(=O)COc1cc(OC)ccc1CC(C)N. The predicted molar refractivity (Wildman–Crippen MR) is 67.9 cm³/mol. The van der Waals surface area contributed by atoms with Gasteiger partial charge in [0, 0.05) is 12.1 Å². The highest BCUT2D eigenvalue weighted by atomic mass is 16.6. The number of esters is 1. The molecule has 0 aliphatic carbocycles. The lowest BCUT2D eigenvalue weighted by atomic mass is 10.1. The minimum absolute atomic E-state index is 0.0128. The minimum atomic E-state index is -0.426. The van der Waals surface area contributed by atoms with Crippen LogP contribution in [0.4, 0.5) is 0 Å². The third-order valence-electron chi connectivity index (χ3n) is 2.39. The summed E-state index contributed by atoms with van der Waals surface area (Å²) >= 11 is 0. The molecule has 1 aromatic carbocycles. The highest BCUT2D eigenvalue weighted by Gasteiger charge is 2.10. The number of ether oxygens (including phenoxy) is 3. The first-order valence-corrected chi connectivity index (χ1v) is 5.69. The molecule has 0 heterocycles. The van der Waals surface area contributed by atoms with E-state index in [9.17, 15) is 4.79 Å². The van der Waals surface area contributed by atoms with Crippen molar-refractivity contribution in [1.29, 1.82) is 0 Å². The Balaban J connectivity index is 2.85. The van der Waals surface area contributed by atoms with Crippen molar-refractivity contribution in [2.75, 3.05) is 20.8 Å². The fraction of sp³-hybridized carbons (Fsp3) is 0.462. The summed E-state index contributed by atoms with van der Waals surface area (Å²) in [4.78, 5) is 11.1. The van der Waals surface area contributed by atoms with Crippen molar-refractivity contribution in [3.8, 4) is 11.5 Å². The zero-order chi connectivity index (χ0) is 13.5. The quantitative estimate of drug-likeness (QED) is 0.770. The maximum Gasteiger partial charge on any atom is 0.343 e. The van der Waals surface area contributed by atoms with Gasteiger partial charge in [0.25, 0.3) is 0 Å². The van der Waals surface area contributed by atoms with Gasteiger partial charge < -0.3 is 19.9 Å². The molecule has 0 aliphatic heterocycles. The standard InChI is InChI=1S/C13H19NO4/c1-9(14)6-10-4-5-11(16-2)7-12(10)18-8-13(15)17-3/h4-5,7,9H,6,8,14H2,1-3H3. The summed E-state index contributed by atoms with van der Waals surface area (Å²) in [5, 5.41) is 0. The summed E-state index contributed by atoms with van der Waals surface area (Å²) in [6.45, 7) is 1.78. The lowest BCUT2D eigenvalue weighted by molar-refractivity contribution is -0.142. The molecule has 100 valence electrons. The Morgan fingerprint density at radius 3 is 2.67 bits per heavy atom. The Hall–Kier alpha value is -1.75. The van der Waals surface area contributed by atoms with Crippen LogP contribution in [0.15, 0.2) is 18.2 Å². The molecule has 0 saturated carbocycles. The predicted octanol–water partition coefficient (Wildman–Crippen LogP) is 1.14. The molecule has 2 N–H and O–H groups in total. The van der Waals surface area contributed by atoms with E-state index in [1.165, 1.54) is 7.11 Å². The van der Waals surface area contributed by atoms with Crippen molar-refractivity contribution in [2.24, 2.45) is 5.73 Å². The Labute approximate surface area is 107 Å². The van der Waals surface area contributed by atoms with E-state index in [1.807, 2.05) is 19.1 Å². The molecule has 0 aliphatic rings. The van der Waals surface area contributed by atoms with Crippen LogP contribution in [0.3, 0.4) is 0 Å². The number of carbonyl (C=O) groups excluding carboxylic acids is 1. The second-order valence-electron chi connectivity index (χ2n) is 4.02. The van der Waals surface area contributed by atoms with Crippen LogP contribution < -0.4 is 15.2 Å². The van der Waals surface area contributed by atoms with E-state index in [1.54, 1.807) is 13.2 Å². The van der Waals surface area contributed by atoms with E-state index >= 15 is 0 Å². The second-order valence-corrected chi connectivity index (χ2v) is 4.02. The van der Waals surface area contributed by atoms with Gasteiger partial charge in [-0.3, -0.25) is 0 Å². The van der Waals surface area contributed by atoms with Crippen LogP contribution >= 0.6 is 0 Å². The van der Waals surface area contributed by atoms with E-state index in [0.29, 0.717) is 17.9 Å². The van der Waals surface area contributed by atoms with Crippen LogP contribution in [0.2, 0.25) is 0 Å². The summed E-state index contributed by atoms with van der Waals surface area (Å²) in [7, 11) is 2.89. The summed E-state index contributed by atoms with van der Waals surface area (Å²) in [6, 6.07) is 5.47. The summed E-state index contributed by atoms with van der Waals surface area (Å²) < 4.78 is 15.1. The van der Waals surface area contributed by atoms with E-state index in [4.69, 9.17) is 15.2 Å². The van der Waals surface area contributed by atoms with Gasteiger partial charge in [0.2, 0.25) is 0 Å². The van der Waals surface area contributed by atoms with Crippen molar-refractivity contribution >= 4 is 5.97 Å². The van der Waals surface area contributed by atoms with Gasteiger partial charge in [-0.1, -0.05) is 6.07 Å². The largest absolute Gasteiger partial charge is 0.497 e. The van der Waals surface area contributed by atoms with Gasteiger partial charge in [-0.25, -0.2) is 4.79 Å². The molecular weight excluding hydrogens is 234 g/mol. The molecule has 5 nitrogen and oxygen atoms in total. The smallest absolute Gasteiger partial charge is 0.343 e. The van der Waals surface area contributed by atoms with Gasteiger partial charge in [-0.2, -0.15) is 0 Å². The molecule has 0 bridgehead atoms. The average Bonchev–Trinajstić information content (AvgIpc) is 2.36. The van der Waals surface area contributed by atoms with Gasteiger partial charge in [-0.15, -0.1) is 0 Å². The van der Waals surface area contributed by atoms with Crippen LogP contribution in [0.5, 0.6) is 11.5 Å². The molecule has 1 unspecified atom stereocenters. The molecule has 1 aromatic rings. The molecule has 18 heavy (non-hydrogen) atoms. The third-order valence-corrected chi connectivity index (χ3v) is 2.39. The Morgan fingerprint density at radius 2 is 2.11 bits per heavy atom. The average molecular weight is 253 g/mol. The summed E-state index contributed by atoms with van der Waals surface area (Å²) in [5.74, 6) is 0.838. The van der Waals surface area contributed by atoms with Crippen LogP contribution in [-0.2, 0) is 16.0 Å². The maximum atomic E-state index is 11.1. The molecule has 0 fully saturated rings. The fourth-order valence-corrected chi connectivity index (χ4v) is 1.51. The van der Waals surface area contributed by atoms with Gasteiger partial charge in [0.1, 0.15) is 11.5 Å². The Bertz CT molecular complexity index is 404. The highest BCUT2D eigenvalue weighted by Crippen LogP contribution is 2.25. The molecule has 5 heteroatoms. The molecule has 0 radical (unpaired) electrons. The van der Waals surface area contributed by atoms with E-state index < -0.39 is 5.97 Å². The van der Waals surface area contributed by atoms with Crippen LogP contribution in [0, 0.1) is 0 Å². The zero-order valence-corrected chi connectivity index (χ0v) is 10.9. The van der Waals surface area contributed by atoms with E-state index in [0.717, 1.165) is 5.56 Å². The maximum absolute atomic E-state index is 11.1. The lowest BCUT2D eigenvalue weighted by Gasteiger charge is -2.13. The monoisotopic (exact) mass is 253 g/mol. The number of hydrogen-bond acceptors (Lipinski definition) is 5. The number of benzene rings is 1. The van der Waals surface area contributed by atoms with Crippen LogP contribution in [0.25, 0.3) is 0 Å². The topological polar surface area (TPSA) is 70.8 Å². The molecule has 0 amide bonds. The number of methoxy groups -OCH3 is 2. The summed E-state index contributed by atoms with van der Waals surface area (Å²) in [5.41, 5.74) is 6.71. The molecule has 1 atom stereocenters. The first kappa shape index (κ1) is 14.3. The number of carbonyl (C=O) groups is 1. The van der Waals surface area contributed by atoms with Crippen molar-refractivity contribution in [1.82, 2.24) is 0 Å². The van der Waals surface area contributed by atoms with E-state index in [-0.39, 0.29) is 12.6 Å². The molecule has 1 rings (SSSR count). The van der Waals surface area contributed by atoms with Gasteiger partial charge in [-0.05, 0) is 25.0 Å². The first-order chi connectivity index (χ1) is 8.56. The normalized spacial score (nSPS) is 11.8. The van der Waals surface area contributed by atoms with Crippen molar-refractivity contribution < 1.29 is 19.0 Å². The first-order valence-electron chi connectivity index (χ1n) is 5.69. The van der Waals surface area contributed by atoms with E-state index in [2.05, 4.69) is 4.74 Å². The molecule has 0 spiro atoms. The Morgan fingerprint density at radius 1 is 1.39 bits per heavy atom. The fourth-order valence-electron chi connectivity index (χ4n) is 1.51. The number of nitrogens with two attached hydrogens (primary N) is 1. The van der Waals surface area contributed by atoms with Gasteiger partial charge in [0.05, 0.1) is 14.2 Å². The Kier molecular flexibility index (Phi) is 5.45.